The van der Waals surface area contributed by atoms with Gasteiger partial charge in [-0.25, -0.2) is 9.18 Å². The van der Waals surface area contributed by atoms with Gasteiger partial charge < -0.3 is 34.0 Å². The van der Waals surface area contributed by atoms with Crippen molar-refractivity contribution in [2.24, 2.45) is 17.8 Å². The minimum atomic E-state index is -0.875. The van der Waals surface area contributed by atoms with Gasteiger partial charge >= 0.3 is 12.1 Å². The average molecular weight is 644 g/mol. The molecule has 3 heterocycles. The van der Waals surface area contributed by atoms with Gasteiger partial charge in [-0.05, 0) is 86.5 Å². The highest BCUT2D eigenvalue weighted by Crippen LogP contribution is 2.28. The van der Waals surface area contributed by atoms with Crippen molar-refractivity contribution in [1.29, 1.82) is 0 Å². The van der Waals surface area contributed by atoms with Crippen LogP contribution in [0.15, 0.2) is 35.9 Å². The predicted molar refractivity (Wildman–Crippen MR) is 178 cm³/mol. The highest BCUT2D eigenvalue weighted by atomic mass is 19.1. The molecule has 2 fully saturated rings. The molecule has 9 nitrogen and oxygen atoms in total. The monoisotopic (exact) mass is 643 g/mol. The van der Waals surface area contributed by atoms with E-state index in [4.69, 9.17) is 14.2 Å². The molecule has 10 heteroatoms. The summed E-state index contributed by atoms with van der Waals surface area (Å²) in [6, 6.07) is 4.99. The number of morpholine rings is 1. The minimum absolute atomic E-state index is 0.0654. The number of hydrogen-bond donors (Lipinski definition) is 1. The summed E-state index contributed by atoms with van der Waals surface area (Å²) in [5, 5.41) is 10.7. The molecule has 2 saturated heterocycles. The van der Waals surface area contributed by atoms with E-state index in [0.29, 0.717) is 50.6 Å². The highest BCUT2D eigenvalue weighted by Gasteiger charge is 2.34. The van der Waals surface area contributed by atoms with Crippen molar-refractivity contribution in [2.75, 3.05) is 57.9 Å². The van der Waals surface area contributed by atoms with Crippen molar-refractivity contribution in [2.45, 2.75) is 84.7 Å². The van der Waals surface area contributed by atoms with Crippen LogP contribution in [0, 0.1) is 23.6 Å². The molecule has 2 unspecified atom stereocenters. The molecule has 3 aliphatic heterocycles. The molecule has 4 rings (SSSR count). The SMILES string of the molecule is CCN1CCC(C)C(N(C)C(=O)O[C@H]2/C=C/[C@H](C)[C@@H](/C(C)=C/c3cc(F)cc(N4CCOCC4)c3)OC(=O)C[C@H](O)CC[C@@H]2C)C1. The molecule has 0 aromatic heterocycles. The Kier molecular flexibility index (Phi) is 13.1. The van der Waals surface area contributed by atoms with E-state index >= 15 is 0 Å². The lowest BCUT2D eigenvalue weighted by molar-refractivity contribution is -0.151. The summed E-state index contributed by atoms with van der Waals surface area (Å²) in [5.74, 6) is -0.828. The normalized spacial score (nSPS) is 31.3. The van der Waals surface area contributed by atoms with Gasteiger partial charge in [-0.2, -0.15) is 0 Å². The molecule has 0 spiro atoms. The summed E-state index contributed by atoms with van der Waals surface area (Å²) in [4.78, 5) is 32.6. The second-order valence-corrected chi connectivity index (χ2v) is 13.5. The molecule has 0 bridgehead atoms. The number of likely N-dealkylation sites (tertiary alicyclic amines) is 1. The Morgan fingerprint density at radius 2 is 1.83 bits per heavy atom. The Morgan fingerprint density at radius 1 is 1.09 bits per heavy atom. The van der Waals surface area contributed by atoms with Crippen LogP contribution in [0.5, 0.6) is 0 Å². The van der Waals surface area contributed by atoms with Crippen molar-refractivity contribution < 1.29 is 33.3 Å². The summed E-state index contributed by atoms with van der Waals surface area (Å²) >= 11 is 0. The summed E-state index contributed by atoms with van der Waals surface area (Å²) in [6.07, 6.45) is 5.10. The lowest BCUT2D eigenvalue weighted by Crippen LogP contribution is -2.53. The largest absolute Gasteiger partial charge is 0.457 e. The second-order valence-electron chi connectivity index (χ2n) is 13.5. The van der Waals surface area contributed by atoms with E-state index in [-0.39, 0.29) is 36.2 Å². The van der Waals surface area contributed by atoms with Crippen molar-refractivity contribution in [1.82, 2.24) is 9.80 Å². The third-order valence-electron chi connectivity index (χ3n) is 9.86. The third-order valence-corrected chi connectivity index (χ3v) is 9.86. The van der Waals surface area contributed by atoms with E-state index in [0.717, 1.165) is 37.3 Å². The number of carbonyl (C=O) groups excluding carboxylic acids is 2. The number of rotatable bonds is 6. The fraction of sp³-hybridized carbons (Fsp3) is 0.667. The topological polar surface area (TPSA) is 91.8 Å². The summed E-state index contributed by atoms with van der Waals surface area (Å²) in [7, 11) is 1.82. The zero-order valence-electron chi connectivity index (χ0n) is 28.5. The number of aliphatic hydroxyl groups excluding tert-OH is 1. The first-order valence-electron chi connectivity index (χ1n) is 17.0. The second kappa shape index (κ2) is 16.7. The Bertz CT molecular complexity index is 1230. The van der Waals surface area contributed by atoms with Crippen LogP contribution in [0.2, 0.25) is 0 Å². The van der Waals surface area contributed by atoms with Gasteiger partial charge in [0.1, 0.15) is 18.0 Å². The number of benzene rings is 1. The molecule has 256 valence electrons. The fourth-order valence-corrected chi connectivity index (χ4v) is 6.72. The van der Waals surface area contributed by atoms with Crippen molar-refractivity contribution in [3.63, 3.8) is 0 Å². The van der Waals surface area contributed by atoms with Crippen LogP contribution < -0.4 is 4.90 Å². The molecule has 1 amide bonds. The molecule has 0 aliphatic carbocycles. The van der Waals surface area contributed by atoms with Gasteiger partial charge in [0.05, 0.1) is 25.7 Å². The van der Waals surface area contributed by atoms with Crippen LogP contribution in [0.3, 0.4) is 0 Å². The van der Waals surface area contributed by atoms with Crippen LogP contribution in [0.1, 0.15) is 65.9 Å². The maximum atomic E-state index is 14.7. The minimum Gasteiger partial charge on any atom is -0.457 e. The Balaban J connectivity index is 1.56. The zero-order chi connectivity index (χ0) is 33.4. The first-order valence-corrected chi connectivity index (χ1v) is 17.0. The van der Waals surface area contributed by atoms with Gasteiger partial charge in [-0.3, -0.25) is 4.79 Å². The van der Waals surface area contributed by atoms with Gasteiger partial charge in [-0.15, -0.1) is 0 Å². The number of aliphatic hydroxyl groups is 1. The molecule has 0 radical (unpaired) electrons. The molecule has 0 saturated carbocycles. The zero-order valence-corrected chi connectivity index (χ0v) is 28.5. The summed E-state index contributed by atoms with van der Waals surface area (Å²) in [6.45, 7) is 15.5. The molecule has 1 aromatic rings. The average Bonchev–Trinajstić information content (AvgIpc) is 3.03. The van der Waals surface area contributed by atoms with E-state index in [1.807, 2.05) is 52.1 Å². The number of cyclic esters (lactones) is 1. The van der Waals surface area contributed by atoms with E-state index in [1.165, 1.54) is 12.1 Å². The molecule has 1 N–H and O–H groups in total. The van der Waals surface area contributed by atoms with Crippen LogP contribution in [0.25, 0.3) is 6.08 Å². The first kappa shape index (κ1) is 35.9. The molecule has 3 aliphatic rings. The molecular formula is C36H54FN3O6. The number of nitrogens with zero attached hydrogens (tertiary/aromatic N) is 3. The number of carbonyl (C=O) groups is 2. The smallest absolute Gasteiger partial charge is 0.410 e. The Morgan fingerprint density at radius 3 is 2.54 bits per heavy atom. The van der Waals surface area contributed by atoms with Gasteiger partial charge in [-0.1, -0.05) is 39.8 Å². The number of hydrogen-bond acceptors (Lipinski definition) is 8. The lowest BCUT2D eigenvalue weighted by Gasteiger charge is -2.41. The number of amides is 1. The van der Waals surface area contributed by atoms with Crippen LogP contribution in [0.4, 0.5) is 14.9 Å². The van der Waals surface area contributed by atoms with Gasteiger partial charge in [0.25, 0.3) is 0 Å². The van der Waals surface area contributed by atoms with Crippen molar-refractivity contribution >= 4 is 23.8 Å². The Labute approximate surface area is 274 Å². The fourth-order valence-electron chi connectivity index (χ4n) is 6.72. The molecule has 1 aromatic carbocycles. The molecular weight excluding hydrogens is 589 g/mol. The van der Waals surface area contributed by atoms with Crippen molar-refractivity contribution in [3.8, 4) is 0 Å². The van der Waals surface area contributed by atoms with Crippen LogP contribution in [-0.2, 0) is 19.0 Å². The number of halogens is 1. The van der Waals surface area contributed by atoms with Gasteiger partial charge in [0, 0.05) is 44.3 Å². The highest BCUT2D eigenvalue weighted by molar-refractivity contribution is 5.71. The van der Waals surface area contributed by atoms with Crippen molar-refractivity contribution in [3.05, 3.63) is 47.3 Å². The predicted octanol–water partition coefficient (Wildman–Crippen LogP) is 5.52. The third kappa shape index (κ3) is 9.78. The maximum absolute atomic E-state index is 14.7. The lowest BCUT2D eigenvalue weighted by atomic mass is 9.91. The van der Waals surface area contributed by atoms with Crippen LogP contribution in [-0.4, -0.2) is 104 Å². The van der Waals surface area contributed by atoms with Crippen LogP contribution >= 0.6 is 0 Å². The number of ether oxygens (including phenoxy) is 3. The van der Waals surface area contributed by atoms with E-state index in [9.17, 15) is 19.1 Å². The number of piperidine rings is 1. The van der Waals surface area contributed by atoms with Gasteiger partial charge in [0.2, 0.25) is 0 Å². The number of anilines is 1. The molecule has 46 heavy (non-hydrogen) atoms. The summed E-state index contributed by atoms with van der Waals surface area (Å²) in [5.41, 5.74) is 2.19. The van der Waals surface area contributed by atoms with Gasteiger partial charge in [0.15, 0.2) is 0 Å². The number of likely N-dealkylation sites (N-methyl/N-ethyl adjacent to an activating group) is 2. The molecule has 7 atom stereocenters. The quantitative estimate of drug-likeness (QED) is 0.320. The standard InChI is InChI=1S/C36H54FN3O6/c1-7-39-13-12-24(2)32(23-39)38(6)36(43)45-33-11-9-26(4)35(46-34(42)22-31(41)10-8-25(33)3)27(5)18-28-19-29(37)21-30(20-28)40-14-16-44-17-15-40/h9,11,18-21,24-26,31-33,35,41H,7-8,10,12-17,22-23H2,1-6H3/b11-9+,27-18+/t24?,25-,26-,31+,32?,33-,35-/m0/s1. The maximum Gasteiger partial charge on any atom is 0.410 e. The first-order chi connectivity index (χ1) is 21.9. The number of esters is 1. The van der Waals surface area contributed by atoms with E-state index in [1.54, 1.807) is 4.90 Å². The van der Waals surface area contributed by atoms with E-state index in [2.05, 4.69) is 23.6 Å². The summed E-state index contributed by atoms with van der Waals surface area (Å²) < 4.78 is 32.3. The van der Waals surface area contributed by atoms with E-state index < -0.39 is 24.3 Å². The Hall–Kier alpha value is -2.95.